The standard InChI is InChI=1S/C21H21N5O4/c1-30-19-15-25(17-5-3-2-4-6-17)22-20(19)21(27)24-13-11-23(12-14-24)16-7-9-18(10-8-16)26(28)29/h2-10,15H,11-14H2,1H3. The van der Waals surface area contributed by atoms with Crippen molar-refractivity contribution in [2.45, 2.75) is 0 Å². The summed E-state index contributed by atoms with van der Waals surface area (Å²) in [6.45, 7) is 2.31. The summed E-state index contributed by atoms with van der Waals surface area (Å²) in [6.07, 6.45) is 1.70. The Bertz CT molecular complexity index is 1040. The number of carbonyl (C=O) groups is 1. The van der Waals surface area contributed by atoms with Gasteiger partial charge in [-0.25, -0.2) is 4.68 Å². The Labute approximate surface area is 173 Å². The number of methoxy groups -OCH3 is 1. The molecule has 154 valence electrons. The molecule has 0 aliphatic carbocycles. The Morgan fingerprint density at radius 2 is 1.67 bits per heavy atom. The lowest BCUT2D eigenvalue weighted by molar-refractivity contribution is -0.384. The Morgan fingerprint density at radius 1 is 1.00 bits per heavy atom. The van der Waals surface area contributed by atoms with Gasteiger partial charge in [0.2, 0.25) is 0 Å². The van der Waals surface area contributed by atoms with Gasteiger partial charge in [-0.1, -0.05) is 18.2 Å². The van der Waals surface area contributed by atoms with Crippen molar-refractivity contribution in [1.29, 1.82) is 0 Å². The first-order valence-corrected chi connectivity index (χ1v) is 9.54. The maximum atomic E-state index is 13.1. The topological polar surface area (TPSA) is 93.7 Å². The summed E-state index contributed by atoms with van der Waals surface area (Å²) in [5.74, 6) is 0.256. The van der Waals surface area contributed by atoms with E-state index in [4.69, 9.17) is 4.74 Å². The summed E-state index contributed by atoms with van der Waals surface area (Å²) in [5.41, 5.74) is 2.09. The van der Waals surface area contributed by atoms with E-state index in [0.29, 0.717) is 31.9 Å². The molecule has 9 heteroatoms. The van der Waals surface area contributed by atoms with Crippen LogP contribution in [0.15, 0.2) is 60.8 Å². The number of amides is 1. The number of aromatic nitrogens is 2. The van der Waals surface area contributed by atoms with Crippen LogP contribution >= 0.6 is 0 Å². The van der Waals surface area contributed by atoms with Gasteiger partial charge >= 0.3 is 0 Å². The number of hydrogen-bond acceptors (Lipinski definition) is 6. The average molecular weight is 407 g/mol. The van der Waals surface area contributed by atoms with E-state index < -0.39 is 4.92 Å². The summed E-state index contributed by atoms with van der Waals surface area (Å²) < 4.78 is 7.02. The Morgan fingerprint density at radius 3 is 2.27 bits per heavy atom. The van der Waals surface area contributed by atoms with Crippen LogP contribution in [-0.2, 0) is 0 Å². The molecule has 0 saturated carbocycles. The third-order valence-corrected chi connectivity index (χ3v) is 5.12. The third-order valence-electron chi connectivity index (χ3n) is 5.12. The number of non-ortho nitro benzene ring substituents is 1. The highest BCUT2D eigenvalue weighted by Gasteiger charge is 2.27. The minimum atomic E-state index is -0.414. The third kappa shape index (κ3) is 3.82. The van der Waals surface area contributed by atoms with Gasteiger partial charge in [0.15, 0.2) is 11.4 Å². The predicted molar refractivity (Wildman–Crippen MR) is 111 cm³/mol. The van der Waals surface area contributed by atoms with Crippen LogP contribution in [0.1, 0.15) is 10.5 Å². The van der Waals surface area contributed by atoms with Crippen molar-refractivity contribution in [3.8, 4) is 11.4 Å². The molecule has 30 heavy (non-hydrogen) atoms. The molecule has 4 rings (SSSR count). The van der Waals surface area contributed by atoms with Gasteiger partial charge in [0, 0.05) is 44.0 Å². The second-order valence-corrected chi connectivity index (χ2v) is 6.88. The van der Waals surface area contributed by atoms with Gasteiger partial charge in [0.05, 0.1) is 23.9 Å². The molecule has 1 amide bonds. The van der Waals surface area contributed by atoms with E-state index in [0.717, 1.165) is 11.4 Å². The van der Waals surface area contributed by atoms with E-state index in [1.54, 1.807) is 27.9 Å². The monoisotopic (exact) mass is 407 g/mol. The molecule has 2 aromatic carbocycles. The summed E-state index contributed by atoms with van der Waals surface area (Å²) in [6, 6.07) is 16.0. The molecular weight excluding hydrogens is 386 g/mol. The molecule has 0 atom stereocenters. The Hall–Kier alpha value is -3.88. The molecule has 0 unspecified atom stereocenters. The maximum Gasteiger partial charge on any atom is 0.278 e. The maximum absolute atomic E-state index is 13.1. The van der Waals surface area contributed by atoms with Gasteiger partial charge in [0.1, 0.15) is 0 Å². The zero-order valence-corrected chi connectivity index (χ0v) is 16.5. The summed E-state index contributed by atoms with van der Waals surface area (Å²) in [4.78, 5) is 27.3. The normalized spacial score (nSPS) is 13.9. The smallest absolute Gasteiger partial charge is 0.278 e. The number of benzene rings is 2. The molecule has 1 saturated heterocycles. The predicted octanol–water partition coefficient (Wildman–Crippen LogP) is 2.75. The fraction of sp³-hybridized carbons (Fsp3) is 0.238. The van der Waals surface area contributed by atoms with E-state index >= 15 is 0 Å². The van der Waals surface area contributed by atoms with Crippen LogP contribution in [0.2, 0.25) is 0 Å². The Kier molecular flexibility index (Phi) is 5.34. The first-order valence-electron chi connectivity index (χ1n) is 9.54. The number of nitrogens with zero attached hydrogens (tertiary/aromatic N) is 5. The van der Waals surface area contributed by atoms with Crippen LogP contribution < -0.4 is 9.64 Å². The van der Waals surface area contributed by atoms with Crippen LogP contribution in [0.3, 0.4) is 0 Å². The molecule has 1 aliphatic rings. The molecular formula is C21H21N5O4. The second-order valence-electron chi connectivity index (χ2n) is 6.88. The van der Waals surface area contributed by atoms with Gasteiger partial charge in [-0.15, -0.1) is 0 Å². The van der Waals surface area contributed by atoms with Crippen LogP contribution in [0.4, 0.5) is 11.4 Å². The van der Waals surface area contributed by atoms with Crippen LogP contribution in [0.5, 0.6) is 5.75 Å². The number of rotatable bonds is 5. The van der Waals surface area contributed by atoms with Crippen molar-refractivity contribution < 1.29 is 14.5 Å². The molecule has 3 aromatic rings. The summed E-state index contributed by atoms with van der Waals surface area (Å²) >= 11 is 0. The minimum absolute atomic E-state index is 0.0636. The number of ether oxygens (including phenoxy) is 1. The van der Waals surface area contributed by atoms with E-state index in [1.807, 2.05) is 30.3 Å². The van der Waals surface area contributed by atoms with E-state index in [1.165, 1.54) is 19.2 Å². The SMILES string of the molecule is COc1cn(-c2ccccc2)nc1C(=O)N1CCN(c2ccc([N+](=O)[O-])cc2)CC1. The molecule has 1 aliphatic heterocycles. The largest absolute Gasteiger partial charge is 0.493 e. The molecule has 0 spiro atoms. The lowest BCUT2D eigenvalue weighted by atomic mass is 10.2. The highest BCUT2D eigenvalue weighted by atomic mass is 16.6. The van der Waals surface area contributed by atoms with Gasteiger partial charge in [-0.05, 0) is 24.3 Å². The van der Waals surface area contributed by atoms with E-state index in [9.17, 15) is 14.9 Å². The highest BCUT2D eigenvalue weighted by Crippen LogP contribution is 2.24. The van der Waals surface area contributed by atoms with Crippen molar-refractivity contribution in [3.63, 3.8) is 0 Å². The molecule has 0 radical (unpaired) electrons. The Balaban J connectivity index is 1.45. The van der Waals surface area contributed by atoms with Crippen molar-refractivity contribution in [1.82, 2.24) is 14.7 Å². The number of hydrogen-bond donors (Lipinski definition) is 0. The molecule has 1 aromatic heterocycles. The van der Waals surface area contributed by atoms with E-state index in [2.05, 4.69) is 10.00 Å². The molecule has 0 N–H and O–H groups in total. The fourth-order valence-corrected chi connectivity index (χ4v) is 3.47. The first-order chi connectivity index (χ1) is 14.6. The number of piperazine rings is 1. The summed E-state index contributed by atoms with van der Waals surface area (Å²) in [5, 5.41) is 15.3. The number of anilines is 1. The molecule has 2 heterocycles. The van der Waals surface area contributed by atoms with Gasteiger partial charge in [0.25, 0.3) is 11.6 Å². The van der Waals surface area contributed by atoms with Gasteiger partial charge < -0.3 is 14.5 Å². The fourth-order valence-electron chi connectivity index (χ4n) is 3.47. The van der Waals surface area contributed by atoms with Crippen molar-refractivity contribution in [3.05, 3.63) is 76.6 Å². The zero-order valence-electron chi connectivity index (χ0n) is 16.5. The van der Waals surface area contributed by atoms with Crippen LogP contribution in [0.25, 0.3) is 5.69 Å². The number of nitro benzene ring substituents is 1. The number of para-hydroxylation sites is 1. The minimum Gasteiger partial charge on any atom is -0.493 e. The lowest BCUT2D eigenvalue weighted by Crippen LogP contribution is -2.49. The molecule has 9 nitrogen and oxygen atoms in total. The quantitative estimate of drug-likeness (QED) is 0.477. The van der Waals surface area contributed by atoms with Gasteiger partial charge in [-0.2, -0.15) is 5.10 Å². The van der Waals surface area contributed by atoms with Crippen LogP contribution in [0, 0.1) is 10.1 Å². The second kappa shape index (κ2) is 8.24. The van der Waals surface area contributed by atoms with Crippen molar-refractivity contribution >= 4 is 17.3 Å². The van der Waals surface area contributed by atoms with E-state index in [-0.39, 0.29) is 17.3 Å². The first kappa shape index (κ1) is 19.4. The van der Waals surface area contributed by atoms with Crippen LogP contribution in [-0.4, -0.2) is 58.8 Å². The average Bonchev–Trinajstić information content (AvgIpc) is 3.24. The molecule has 1 fully saturated rings. The molecule has 0 bridgehead atoms. The van der Waals surface area contributed by atoms with Crippen molar-refractivity contribution in [2.75, 3.05) is 38.2 Å². The number of carbonyl (C=O) groups excluding carboxylic acids is 1. The lowest BCUT2D eigenvalue weighted by Gasteiger charge is -2.35. The highest BCUT2D eigenvalue weighted by molar-refractivity contribution is 5.95. The number of nitro groups is 1. The van der Waals surface area contributed by atoms with Crippen molar-refractivity contribution in [2.24, 2.45) is 0 Å². The zero-order chi connectivity index (χ0) is 21.1. The van der Waals surface area contributed by atoms with Gasteiger partial charge in [-0.3, -0.25) is 14.9 Å². The summed E-state index contributed by atoms with van der Waals surface area (Å²) in [7, 11) is 1.52.